The highest BCUT2D eigenvalue weighted by atomic mass is 32.2. The summed E-state index contributed by atoms with van der Waals surface area (Å²) < 4.78 is 28.8. The second kappa shape index (κ2) is 10.9. The number of quaternary nitrogens is 1. The first-order valence-corrected chi connectivity index (χ1v) is 13.7. The lowest BCUT2D eigenvalue weighted by Crippen LogP contribution is -3.15. The van der Waals surface area contributed by atoms with E-state index in [1.54, 1.807) is 13.0 Å². The minimum atomic E-state index is -3.98. The van der Waals surface area contributed by atoms with Gasteiger partial charge in [0.1, 0.15) is 5.54 Å². The molecule has 2 amide bonds. The van der Waals surface area contributed by atoms with E-state index in [0.717, 1.165) is 30.8 Å². The molecular weight excluding hydrogens is 482 g/mol. The number of aryl methyl sites for hydroxylation is 1. The maximum Gasteiger partial charge on any atom is 0.279 e. The number of sulfonamides is 1. The fourth-order valence-electron chi connectivity index (χ4n) is 5.02. The molecule has 4 N–H and O–H groups in total. The van der Waals surface area contributed by atoms with Crippen LogP contribution in [-0.2, 0) is 19.6 Å². The third-order valence-electron chi connectivity index (χ3n) is 7.03. The van der Waals surface area contributed by atoms with Gasteiger partial charge in [0.2, 0.25) is 15.9 Å². The quantitative estimate of drug-likeness (QED) is 0.463. The maximum atomic E-state index is 12.6. The largest absolute Gasteiger partial charge is 0.368 e. The Morgan fingerprint density at radius 1 is 1.11 bits per heavy atom. The third-order valence-corrected chi connectivity index (χ3v) is 8.31. The summed E-state index contributed by atoms with van der Waals surface area (Å²) in [7, 11) is -3.98. The molecule has 1 aromatic carbocycles. The van der Waals surface area contributed by atoms with Crippen molar-refractivity contribution in [3.63, 3.8) is 0 Å². The number of nitrogens with one attached hydrogen (secondary N) is 2. The van der Waals surface area contributed by atoms with Gasteiger partial charge in [-0.3, -0.25) is 19.2 Å². The van der Waals surface area contributed by atoms with E-state index in [4.69, 9.17) is 5.73 Å². The average Bonchev–Trinajstić information content (AvgIpc) is 2.85. The Hall–Kier alpha value is -3.09. The van der Waals surface area contributed by atoms with E-state index >= 15 is 0 Å². The molecular formula is C24H33N7O4S. The minimum absolute atomic E-state index is 0.0206. The minimum Gasteiger partial charge on any atom is -0.368 e. The van der Waals surface area contributed by atoms with Gasteiger partial charge in [-0.05, 0) is 69.0 Å². The Labute approximate surface area is 211 Å². The van der Waals surface area contributed by atoms with Gasteiger partial charge in [0.05, 0.1) is 18.0 Å². The number of hydrogen-bond acceptors (Lipinski definition) is 7. The molecule has 0 atom stereocenters. The van der Waals surface area contributed by atoms with Crippen LogP contribution in [0.5, 0.6) is 0 Å². The molecule has 12 heteroatoms. The van der Waals surface area contributed by atoms with E-state index in [0.29, 0.717) is 37.3 Å². The van der Waals surface area contributed by atoms with Crippen molar-refractivity contribution in [3.8, 4) is 0 Å². The number of nitrogens with two attached hydrogens (primary N) is 1. The number of anilines is 1. The van der Waals surface area contributed by atoms with E-state index in [1.807, 2.05) is 0 Å². The lowest BCUT2D eigenvalue weighted by atomic mass is 9.83. The molecule has 2 saturated heterocycles. The molecule has 0 radical (unpaired) electrons. The van der Waals surface area contributed by atoms with E-state index in [2.05, 4.69) is 24.9 Å². The predicted octanol–water partition coefficient (Wildman–Crippen LogP) is 0.506. The SMILES string of the molecule is Cc1ccnc([N-]S(=O)(=O)c2ccc(NC(=O)C[NH+]3CCC(C(N)=O)(N4CCCCC4)CC3)cc2)n1. The molecule has 0 spiro atoms. The van der Waals surface area contributed by atoms with E-state index in [-0.39, 0.29) is 29.2 Å². The van der Waals surface area contributed by atoms with Crippen LogP contribution in [0.4, 0.5) is 11.6 Å². The highest BCUT2D eigenvalue weighted by Crippen LogP contribution is 2.28. The molecule has 3 heterocycles. The first-order valence-electron chi connectivity index (χ1n) is 12.2. The summed E-state index contributed by atoms with van der Waals surface area (Å²) in [5.41, 5.74) is 6.35. The molecule has 2 aliphatic rings. The molecule has 2 fully saturated rings. The summed E-state index contributed by atoms with van der Waals surface area (Å²) >= 11 is 0. The Morgan fingerprint density at radius 3 is 2.39 bits per heavy atom. The number of hydrogen-bond donors (Lipinski definition) is 3. The number of nitrogens with zero attached hydrogens (tertiary/aromatic N) is 4. The van der Waals surface area contributed by atoms with Crippen molar-refractivity contribution < 1.29 is 22.9 Å². The molecule has 194 valence electrons. The van der Waals surface area contributed by atoms with Crippen LogP contribution < -0.4 is 16.0 Å². The smallest absolute Gasteiger partial charge is 0.279 e. The van der Waals surface area contributed by atoms with Gasteiger partial charge in [-0.25, -0.2) is 8.42 Å². The predicted molar refractivity (Wildman–Crippen MR) is 134 cm³/mol. The zero-order valence-electron chi connectivity index (χ0n) is 20.4. The summed E-state index contributed by atoms with van der Waals surface area (Å²) in [4.78, 5) is 36.2. The van der Waals surface area contributed by atoms with Crippen molar-refractivity contribution in [2.75, 3.05) is 38.0 Å². The molecule has 2 aromatic rings. The number of likely N-dealkylation sites (tertiary alicyclic amines) is 2. The third kappa shape index (κ3) is 6.00. The molecule has 0 unspecified atom stereocenters. The Balaban J connectivity index is 1.30. The van der Waals surface area contributed by atoms with Crippen molar-refractivity contribution in [2.45, 2.75) is 49.5 Å². The van der Waals surface area contributed by atoms with Gasteiger partial charge in [0.25, 0.3) is 5.91 Å². The standard InChI is InChI=1S/C24H33N7O4S/c1-18-9-12-26-23(27-18)29-36(34,35)20-7-5-19(6-8-20)28-21(32)17-30-15-10-24(11-16-30,22(25)33)31-13-3-2-4-14-31/h5-9,12H,2-4,10-11,13-17H2,1H3,(H4,25,26,27,28,29,32,33). The van der Waals surface area contributed by atoms with E-state index in [9.17, 15) is 18.0 Å². The van der Waals surface area contributed by atoms with Gasteiger partial charge in [-0.1, -0.05) is 12.5 Å². The Morgan fingerprint density at radius 2 is 1.78 bits per heavy atom. The van der Waals surface area contributed by atoms with Gasteiger partial charge in [0.15, 0.2) is 6.54 Å². The van der Waals surface area contributed by atoms with Crippen LogP contribution in [0.25, 0.3) is 4.72 Å². The number of aromatic nitrogens is 2. The Bertz CT molecular complexity index is 1190. The first kappa shape index (κ1) is 26.0. The average molecular weight is 516 g/mol. The molecule has 2 aliphatic heterocycles. The number of rotatable bonds is 8. The van der Waals surface area contributed by atoms with Crippen LogP contribution in [0.1, 0.15) is 37.8 Å². The fourth-order valence-corrected chi connectivity index (χ4v) is 5.91. The number of carbonyl (C=O) groups is 2. The summed E-state index contributed by atoms with van der Waals surface area (Å²) in [6, 6.07) is 7.47. The number of amides is 2. The highest BCUT2D eigenvalue weighted by molar-refractivity contribution is 7.94. The fraction of sp³-hybridized carbons (Fsp3) is 0.500. The number of primary amides is 1. The first-order chi connectivity index (χ1) is 17.2. The van der Waals surface area contributed by atoms with Crippen LogP contribution in [0.3, 0.4) is 0 Å². The van der Waals surface area contributed by atoms with Crippen LogP contribution in [0.15, 0.2) is 41.4 Å². The van der Waals surface area contributed by atoms with E-state index in [1.165, 1.54) is 36.9 Å². The summed E-state index contributed by atoms with van der Waals surface area (Å²) in [5.74, 6) is -0.566. The van der Waals surface area contributed by atoms with Crippen LogP contribution in [-0.4, -0.2) is 73.4 Å². The van der Waals surface area contributed by atoms with Gasteiger partial charge in [-0.2, -0.15) is 0 Å². The lowest BCUT2D eigenvalue weighted by Gasteiger charge is -2.46. The number of carbonyl (C=O) groups excluding carboxylic acids is 2. The van der Waals surface area contributed by atoms with E-state index < -0.39 is 15.6 Å². The van der Waals surface area contributed by atoms with Crippen molar-refractivity contribution in [1.29, 1.82) is 0 Å². The molecule has 0 saturated carbocycles. The molecule has 4 rings (SSSR count). The van der Waals surface area contributed by atoms with Gasteiger partial charge >= 0.3 is 0 Å². The topological polar surface area (TPSA) is 154 Å². The second-order valence-electron chi connectivity index (χ2n) is 9.51. The summed E-state index contributed by atoms with van der Waals surface area (Å²) in [6.45, 7) is 5.15. The monoisotopic (exact) mass is 515 g/mol. The van der Waals surface area contributed by atoms with Gasteiger partial charge in [-0.15, -0.1) is 0 Å². The summed E-state index contributed by atoms with van der Waals surface area (Å²) in [5, 5.41) is 2.82. The zero-order chi connectivity index (χ0) is 25.8. The van der Waals surface area contributed by atoms with Crippen LogP contribution >= 0.6 is 0 Å². The zero-order valence-corrected chi connectivity index (χ0v) is 21.3. The van der Waals surface area contributed by atoms with Crippen molar-refractivity contribution >= 4 is 33.5 Å². The van der Waals surface area contributed by atoms with Gasteiger partial charge < -0.3 is 25.9 Å². The van der Waals surface area contributed by atoms with Crippen LogP contribution in [0, 0.1) is 6.92 Å². The number of benzene rings is 1. The van der Waals surface area contributed by atoms with Crippen molar-refractivity contribution in [3.05, 3.63) is 46.9 Å². The number of piperidine rings is 2. The van der Waals surface area contributed by atoms with Crippen molar-refractivity contribution in [2.24, 2.45) is 5.73 Å². The van der Waals surface area contributed by atoms with Gasteiger partial charge in [0, 0.05) is 24.5 Å². The molecule has 0 bridgehead atoms. The summed E-state index contributed by atoms with van der Waals surface area (Å²) in [6.07, 6.45) is 6.09. The lowest BCUT2D eigenvalue weighted by molar-refractivity contribution is -0.898. The molecule has 11 nitrogen and oxygen atoms in total. The highest BCUT2D eigenvalue weighted by Gasteiger charge is 2.46. The molecule has 1 aromatic heterocycles. The normalized spacial score (nSPS) is 23.1. The van der Waals surface area contributed by atoms with Crippen LogP contribution in [0.2, 0.25) is 0 Å². The maximum absolute atomic E-state index is 12.6. The molecule has 0 aliphatic carbocycles. The molecule has 36 heavy (non-hydrogen) atoms. The van der Waals surface area contributed by atoms with Crippen molar-refractivity contribution in [1.82, 2.24) is 14.9 Å². The second-order valence-corrected chi connectivity index (χ2v) is 11.1. The Kier molecular flexibility index (Phi) is 7.86.